The number of hydroxylamine groups is 2. The smallest absolute Gasteiger partial charge is 0.329 e. The molecule has 1 aromatic carbocycles. The molecule has 3 rings (SSSR count). The summed E-state index contributed by atoms with van der Waals surface area (Å²) < 4.78 is 0.888. The Kier molecular flexibility index (Phi) is 4.68. The number of rotatable bonds is 5. The van der Waals surface area contributed by atoms with Gasteiger partial charge in [0.1, 0.15) is 4.34 Å². The van der Waals surface area contributed by atoms with Gasteiger partial charge in [-0.25, -0.2) is 9.78 Å². The van der Waals surface area contributed by atoms with Gasteiger partial charge < -0.3 is 4.84 Å². The average molecular weight is 362 g/mol. The first-order valence-corrected chi connectivity index (χ1v) is 9.09. The van der Waals surface area contributed by atoms with Gasteiger partial charge in [0, 0.05) is 4.88 Å². The van der Waals surface area contributed by atoms with Crippen LogP contribution in [-0.4, -0.2) is 33.6 Å². The first-order chi connectivity index (χ1) is 11.5. The predicted molar refractivity (Wildman–Crippen MR) is 90.0 cm³/mol. The monoisotopic (exact) mass is 362 g/mol. The predicted octanol–water partition coefficient (Wildman–Crippen LogP) is 2.86. The summed E-state index contributed by atoms with van der Waals surface area (Å²) >= 11 is 3.02. The van der Waals surface area contributed by atoms with E-state index >= 15 is 0 Å². The normalized spacial score (nSPS) is 13.3. The third kappa shape index (κ3) is 3.07. The molecule has 124 valence electrons. The molecule has 0 N–H and O–H groups in total. The molecule has 1 aromatic heterocycles. The molecule has 0 bridgehead atoms. The maximum atomic E-state index is 12.2. The average Bonchev–Trinajstić information content (AvgIpc) is 3.01. The molecule has 0 spiro atoms. The Morgan fingerprint density at radius 1 is 1.25 bits per heavy atom. The van der Waals surface area contributed by atoms with Crippen molar-refractivity contribution in [2.45, 2.75) is 24.6 Å². The van der Waals surface area contributed by atoms with Gasteiger partial charge in [-0.2, -0.15) is 0 Å². The van der Waals surface area contributed by atoms with Crippen LogP contribution in [0.2, 0.25) is 0 Å². The first kappa shape index (κ1) is 16.7. The number of carbonyl (C=O) groups is 3. The molecule has 8 heteroatoms. The van der Waals surface area contributed by atoms with Crippen molar-refractivity contribution < 1.29 is 19.2 Å². The molecule has 0 unspecified atom stereocenters. The zero-order chi connectivity index (χ0) is 17.3. The fraction of sp³-hybridized carbons (Fsp3) is 0.250. The minimum atomic E-state index is -0.663. The van der Waals surface area contributed by atoms with Crippen molar-refractivity contribution in [1.29, 1.82) is 0 Å². The summed E-state index contributed by atoms with van der Waals surface area (Å²) in [5.74, 6) is -1.00. The number of aromatic nitrogens is 1. The third-order valence-electron chi connectivity index (χ3n) is 3.40. The van der Waals surface area contributed by atoms with E-state index in [-0.39, 0.29) is 17.5 Å². The van der Waals surface area contributed by atoms with Crippen LogP contribution in [0.1, 0.15) is 38.2 Å². The number of hydrogen-bond acceptors (Lipinski definition) is 7. The second kappa shape index (κ2) is 6.74. The molecule has 1 aliphatic heterocycles. The lowest BCUT2D eigenvalue weighted by molar-refractivity contribution is -0.167. The van der Waals surface area contributed by atoms with Gasteiger partial charge in [-0.3, -0.25) is 9.59 Å². The quantitative estimate of drug-likeness (QED) is 0.601. The van der Waals surface area contributed by atoms with Crippen LogP contribution >= 0.6 is 23.1 Å². The molecule has 2 heterocycles. The molecule has 24 heavy (non-hydrogen) atoms. The van der Waals surface area contributed by atoms with Crippen molar-refractivity contribution in [3.8, 4) is 0 Å². The highest BCUT2D eigenvalue weighted by atomic mass is 32.2. The summed E-state index contributed by atoms with van der Waals surface area (Å²) in [5, 5.41) is 0.533. The molecule has 0 aliphatic carbocycles. The van der Waals surface area contributed by atoms with Gasteiger partial charge in [0.2, 0.25) is 0 Å². The van der Waals surface area contributed by atoms with Crippen LogP contribution < -0.4 is 0 Å². The van der Waals surface area contributed by atoms with Crippen LogP contribution in [0.4, 0.5) is 0 Å². The third-order valence-corrected chi connectivity index (χ3v) is 5.58. The number of imide groups is 1. The van der Waals surface area contributed by atoms with Gasteiger partial charge in [0.05, 0.1) is 23.2 Å². The molecule has 0 saturated carbocycles. The summed E-state index contributed by atoms with van der Waals surface area (Å²) in [4.78, 5) is 46.6. The minimum absolute atomic E-state index is 0.0266. The highest BCUT2D eigenvalue weighted by Gasteiger charge is 2.38. The van der Waals surface area contributed by atoms with Crippen molar-refractivity contribution in [2.24, 2.45) is 0 Å². The molecule has 1 aliphatic rings. The Labute approximate surface area is 146 Å². The van der Waals surface area contributed by atoms with Crippen LogP contribution in [-0.2, 0) is 16.1 Å². The molecule has 2 amide bonds. The molecular weight excluding hydrogens is 348 g/mol. The fourth-order valence-electron chi connectivity index (χ4n) is 2.27. The number of thioether (sulfide) groups is 1. The Balaban J connectivity index is 1.70. The van der Waals surface area contributed by atoms with Gasteiger partial charge in [-0.15, -0.1) is 11.3 Å². The molecule has 0 atom stereocenters. The molecule has 0 saturated heterocycles. The number of hydrogen-bond donors (Lipinski definition) is 0. The van der Waals surface area contributed by atoms with Gasteiger partial charge in [-0.05, 0) is 24.8 Å². The lowest BCUT2D eigenvalue weighted by atomic mass is 10.1. The lowest BCUT2D eigenvalue weighted by Gasteiger charge is -2.12. The van der Waals surface area contributed by atoms with Gasteiger partial charge in [0.25, 0.3) is 11.8 Å². The number of carbonyl (C=O) groups excluding carboxylic acids is 3. The Morgan fingerprint density at radius 3 is 2.46 bits per heavy atom. The maximum Gasteiger partial charge on any atom is 0.338 e. The highest BCUT2D eigenvalue weighted by molar-refractivity contribution is 8.01. The van der Waals surface area contributed by atoms with Crippen LogP contribution in [0.25, 0.3) is 0 Å². The summed E-state index contributed by atoms with van der Waals surface area (Å²) in [6.07, 6.45) is -0.0266. The zero-order valence-corrected chi connectivity index (χ0v) is 14.7. The standard InChI is InChI=1S/C16H14N2O4S2/c1-3-23-16-17-9(2)12(24-16)8-13(19)22-18-14(20)10-6-4-5-7-11(10)15(18)21/h4-7H,3,8H2,1-2H3. The molecule has 6 nitrogen and oxygen atoms in total. The lowest BCUT2D eigenvalue weighted by Crippen LogP contribution is -2.33. The van der Waals surface area contributed by atoms with E-state index in [2.05, 4.69) is 4.98 Å². The number of fused-ring (bicyclic) bond motifs is 1. The van der Waals surface area contributed by atoms with E-state index in [0.29, 0.717) is 5.06 Å². The number of thiazole rings is 1. The highest BCUT2D eigenvalue weighted by Crippen LogP contribution is 2.28. The number of nitrogens with zero attached hydrogens (tertiary/aromatic N) is 2. The Hall–Kier alpha value is -2.19. The second-order valence-corrected chi connectivity index (χ2v) is 7.61. The largest absolute Gasteiger partial charge is 0.338 e. The molecule has 0 fully saturated rings. The summed E-state index contributed by atoms with van der Waals surface area (Å²) in [6, 6.07) is 6.38. The summed E-state index contributed by atoms with van der Waals surface area (Å²) in [5.41, 5.74) is 1.24. The number of amides is 2. The number of aryl methyl sites for hydroxylation is 1. The topological polar surface area (TPSA) is 76.6 Å². The van der Waals surface area contributed by atoms with Crippen molar-refractivity contribution >= 4 is 40.9 Å². The maximum absolute atomic E-state index is 12.2. The second-order valence-electron chi connectivity index (χ2n) is 5.01. The fourth-order valence-corrected chi connectivity index (χ4v) is 4.38. The van der Waals surface area contributed by atoms with E-state index in [4.69, 9.17) is 4.84 Å². The van der Waals surface area contributed by atoms with Gasteiger partial charge in [0.15, 0.2) is 0 Å². The van der Waals surface area contributed by atoms with Gasteiger partial charge >= 0.3 is 5.97 Å². The van der Waals surface area contributed by atoms with Crippen molar-refractivity contribution in [3.05, 3.63) is 46.0 Å². The summed E-state index contributed by atoms with van der Waals surface area (Å²) in [7, 11) is 0. The first-order valence-electron chi connectivity index (χ1n) is 7.29. The van der Waals surface area contributed by atoms with Crippen LogP contribution in [0, 0.1) is 6.92 Å². The SMILES string of the molecule is CCSc1nc(C)c(CC(=O)ON2C(=O)c3ccccc3C2=O)s1. The van der Waals surface area contributed by atoms with E-state index in [0.717, 1.165) is 20.7 Å². The van der Waals surface area contributed by atoms with Crippen molar-refractivity contribution in [3.63, 3.8) is 0 Å². The van der Waals surface area contributed by atoms with E-state index < -0.39 is 17.8 Å². The molecule has 2 aromatic rings. The minimum Gasteiger partial charge on any atom is -0.329 e. The van der Waals surface area contributed by atoms with E-state index in [1.54, 1.807) is 23.9 Å². The van der Waals surface area contributed by atoms with Crippen LogP contribution in [0.5, 0.6) is 0 Å². The van der Waals surface area contributed by atoms with Gasteiger partial charge in [-0.1, -0.05) is 35.9 Å². The number of benzene rings is 1. The van der Waals surface area contributed by atoms with Crippen LogP contribution in [0.15, 0.2) is 28.6 Å². The van der Waals surface area contributed by atoms with Crippen molar-refractivity contribution in [1.82, 2.24) is 10.0 Å². The van der Waals surface area contributed by atoms with Crippen LogP contribution in [0.3, 0.4) is 0 Å². The van der Waals surface area contributed by atoms with Crippen molar-refractivity contribution in [2.75, 3.05) is 5.75 Å². The Morgan fingerprint density at radius 2 is 1.88 bits per heavy atom. The molecular formula is C16H14N2O4S2. The zero-order valence-electron chi connectivity index (χ0n) is 13.1. The van der Waals surface area contributed by atoms with E-state index in [1.165, 1.54) is 23.5 Å². The summed E-state index contributed by atoms with van der Waals surface area (Å²) in [6.45, 7) is 3.85. The Bertz CT molecular complexity index is 796. The van der Waals surface area contributed by atoms with E-state index in [1.807, 2.05) is 13.8 Å². The van der Waals surface area contributed by atoms with E-state index in [9.17, 15) is 14.4 Å². The molecule has 0 radical (unpaired) electrons.